The summed E-state index contributed by atoms with van der Waals surface area (Å²) in [4.78, 5) is 17.7. The first-order chi connectivity index (χ1) is 9.11. The van der Waals surface area contributed by atoms with E-state index in [2.05, 4.69) is 17.2 Å². The normalized spacial score (nSPS) is 10.4. The molecule has 0 aromatic carbocycles. The Kier molecular flexibility index (Phi) is 4.11. The monoisotopic (exact) mass is 279 g/mol. The van der Waals surface area contributed by atoms with E-state index in [-0.39, 0.29) is 11.4 Å². The van der Waals surface area contributed by atoms with Crippen molar-refractivity contribution in [3.8, 4) is 0 Å². The lowest BCUT2D eigenvalue weighted by Crippen LogP contribution is -2.24. The van der Waals surface area contributed by atoms with Gasteiger partial charge in [-0.2, -0.15) is 0 Å². The Morgan fingerprint density at radius 1 is 1.42 bits per heavy atom. The Labute approximate surface area is 114 Å². The van der Waals surface area contributed by atoms with Crippen LogP contribution >= 0.6 is 11.3 Å². The number of carbonyl (C=O) groups is 1. The van der Waals surface area contributed by atoms with E-state index in [4.69, 9.17) is 5.73 Å². The second kappa shape index (κ2) is 5.79. The quantitative estimate of drug-likeness (QED) is 0.902. The number of hydrogen-bond acceptors (Lipinski definition) is 4. The fourth-order valence-corrected chi connectivity index (χ4v) is 2.50. The topological polar surface area (TPSA) is 68.0 Å². The van der Waals surface area contributed by atoms with E-state index in [0.29, 0.717) is 6.54 Å². The van der Waals surface area contributed by atoms with Crippen molar-refractivity contribution in [1.29, 1.82) is 0 Å². The van der Waals surface area contributed by atoms with Crippen molar-refractivity contribution in [1.82, 2.24) is 10.3 Å². The van der Waals surface area contributed by atoms with Crippen LogP contribution in [0.1, 0.15) is 27.0 Å². The molecule has 1 amide bonds. The van der Waals surface area contributed by atoms with Gasteiger partial charge in [-0.1, -0.05) is 6.92 Å². The molecule has 0 fully saturated rings. The molecule has 19 heavy (non-hydrogen) atoms. The van der Waals surface area contributed by atoms with Crippen LogP contribution in [0.2, 0.25) is 0 Å². The third kappa shape index (κ3) is 3.08. The van der Waals surface area contributed by atoms with Crippen molar-refractivity contribution in [2.24, 2.45) is 0 Å². The molecule has 2 aromatic heterocycles. The van der Waals surface area contributed by atoms with Crippen LogP contribution in [0.25, 0.3) is 0 Å². The van der Waals surface area contributed by atoms with Crippen LogP contribution in [0.4, 0.5) is 10.2 Å². The van der Waals surface area contributed by atoms with E-state index in [0.717, 1.165) is 11.3 Å². The molecule has 3 N–H and O–H groups in total. The Bertz CT molecular complexity index is 597. The lowest BCUT2D eigenvalue weighted by Gasteiger charge is -2.05. The summed E-state index contributed by atoms with van der Waals surface area (Å²) in [5.74, 6) is -1.53. The maximum Gasteiger partial charge on any atom is 0.254 e. The fourth-order valence-electron chi connectivity index (χ4n) is 1.61. The summed E-state index contributed by atoms with van der Waals surface area (Å²) in [7, 11) is 0. The first kappa shape index (κ1) is 13.5. The summed E-state index contributed by atoms with van der Waals surface area (Å²) < 4.78 is 13.6. The number of pyridine rings is 1. The zero-order valence-electron chi connectivity index (χ0n) is 10.4. The number of nitrogens with zero attached hydrogens (tertiary/aromatic N) is 1. The number of nitrogens with two attached hydrogens (primary N) is 1. The molecule has 4 nitrogen and oxygen atoms in total. The average Bonchev–Trinajstić information content (AvgIpc) is 2.87. The number of halogens is 1. The summed E-state index contributed by atoms with van der Waals surface area (Å²) in [5.41, 5.74) is 5.24. The van der Waals surface area contributed by atoms with E-state index in [9.17, 15) is 9.18 Å². The summed E-state index contributed by atoms with van der Waals surface area (Å²) in [6, 6.07) is 5.30. The molecule has 2 rings (SSSR count). The summed E-state index contributed by atoms with van der Waals surface area (Å²) >= 11 is 1.63. The van der Waals surface area contributed by atoms with E-state index < -0.39 is 11.7 Å². The molecule has 0 spiro atoms. The van der Waals surface area contributed by atoms with Crippen LogP contribution in [0.3, 0.4) is 0 Å². The van der Waals surface area contributed by atoms with Crippen molar-refractivity contribution >= 4 is 23.1 Å². The van der Waals surface area contributed by atoms with Gasteiger partial charge in [0, 0.05) is 16.0 Å². The van der Waals surface area contributed by atoms with Crippen LogP contribution in [0, 0.1) is 5.82 Å². The molecule has 100 valence electrons. The molecule has 0 atom stereocenters. The zero-order chi connectivity index (χ0) is 13.8. The van der Waals surface area contributed by atoms with Gasteiger partial charge in [-0.05, 0) is 24.6 Å². The van der Waals surface area contributed by atoms with Crippen LogP contribution in [0.5, 0.6) is 0 Å². The minimum Gasteiger partial charge on any atom is -0.381 e. The molecule has 0 unspecified atom stereocenters. The smallest absolute Gasteiger partial charge is 0.254 e. The minimum absolute atomic E-state index is 0.0835. The molecule has 2 aromatic rings. The van der Waals surface area contributed by atoms with Gasteiger partial charge in [0.05, 0.1) is 12.1 Å². The Morgan fingerprint density at radius 2 is 2.16 bits per heavy atom. The molecule has 0 aliphatic rings. The van der Waals surface area contributed by atoms with Gasteiger partial charge in [0.2, 0.25) is 0 Å². The number of aryl methyl sites for hydroxylation is 1. The van der Waals surface area contributed by atoms with Gasteiger partial charge in [0.1, 0.15) is 0 Å². The predicted octanol–water partition coefficient (Wildman–Crippen LogP) is 2.36. The van der Waals surface area contributed by atoms with E-state index in [1.165, 1.54) is 17.1 Å². The van der Waals surface area contributed by atoms with E-state index in [1.54, 1.807) is 11.3 Å². The molecule has 6 heteroatoms. The summed E-state index contributed by atoms with van der Waals surface area (Å²) in [5, 5.41) is 2.67. The van der Waals surface area contributed by atoms with Crippen LogP contribution < -0.4 is 11.1 Å². The van der Waals surface area contributed by atoms with Crippen molar-refractivity contribution in [2.75, 3.05) is 5.73 Å². The lowest BCUT2D eigenvalue weighted by atomic mass is 10.2. The third-order valence-electron chi connectivity index (χ3n) is 2.65. The van der Waals surface area contributed by atoms with Crippen molar-refractivity contribution in [3.63, 3.8) is 0 Å². The SMILES string of the molecule is CCc1ccc(CNC(=O)c2ccnc(N)c2F)s1. The second-order valence-corrected chi connectivity index (χ2v) is 5.21. The van der Waals surface area contributed by atoms with Crippen LogP contribution in [0.15, 0.2) is 24.4 Å². The lowest BCUT2D eigenvalue weighted by molar-refractivity contribution is 0.0947. The number of rotatable bonds is 4. The summed E-state index contributed by atoms with van der Waals surface area (Å²) in [6.07, 6.45) is 2.28. The summed E-state index contributed by atoms with van der Waals surface area (Å²) in [6.45, 7) is 2.45. The highest BCUT2D eigenvalue weighted by Crippen LogP contribution is 2.17. The van der Waals surface area contributed by atoms with Crippen LogP contribution in [-0.4, -0.2) is 10.9 Å². The van der Waals surface area contributed by atoms with Gasteiger partial charge in [-0.3, -0.25) is 4.79 Å². The number of anilines is 1. The predicted molar refractivity (Wildman–Crippen MR) is 73.5 cm³/mol. The molecule has 0 bridgehead atoms. The second-order valence-electron chi connectivity index (χ2n) is 3.96. The van der Waals surface area contributed by atoms with Gasteiger partial charge in [-0.15, -0.1) is 11.3 Å². The molecule has 0 saturated carbocycles. The number of nitrogens with one attached hydrogen (secondary N) is 1. The Hall–Kier alpha value is -1.95. The van der Waals surface area contributed by atoms with E-state index >= 15 is 0 Å². The minimum atomic E-state index is -0.777. The van der Waals surface area contributed by atoms with Crippen molar-refractivity contribution in [2.45, 2.75) is 19.9 Å². The van der Waals surface area contributed by atoms with Gasteiger partial charge in [0.25, 0.3) is 5.91 Å². The van der Waals surface area contributed by atoms with Crippen LogP contribution in [-0.2, 0) is 13.0 Å². The average molecular weight is 279 g/mol. The highest BCUT2D eigenvalue weighted by atomic mass is 32.1. The molecule has 0 saturated heterocycles. The number of aromatic nitrogens is 1. The number of hydrogen-bond donors (Lipinski definition) is 2. The van der Waals surface area contributed by atoms with Crippen molar-refractivity contribution < 1.29 is 9.18 Å². The zero-order valence-corrected chi connectivity index (χ0v) is 11.3. The molecule has 0 radical (unpaired) electrons. The highest BCUT2D eigenvalue weighted by molar-refractivity contribution is 7.11. The maximum atomic E-state index is 13.6. The highest BCUT2D eigenvalue weighted by Gasteiger charge is 2.14. The number of amides is 1. The van der Waals surface area contributed by atoms with Gasteiger partial charge in [-0.25, -0.2) is 9.37 Å². The molecular weight excluding hydrogens is 265 g/mol. The third-order valence-corrected chi connectivity index (χ3v) is 3.88. The Morgan fingerprint density at radius 3 is 2.84 bits per heavy atom. The molecule has 0 aliphatic carbocycles. The first-order valence-corrected chi connectivity index (χ1v) is 6.69. The van der Waals surface area contributed by atoms with Gasteiger partial charge >= 0.3 is 0 Å². The molecule has 2 heterocycles. The van der Waals surface area contributed by atoms with E-state index in [1.807, 2.05) is 12.1 Å². The van der Waals surface area contributed by atoms with Crippen molar-refractivity contribution in [3.05, 3.63) is 45.5 Å². The maximum absolute atomic E-state index is 13.6. The fraction of sp³-hybridized carbons (Fsp3) is 0.231. The Balaban J connectivity index is 2.03. The van der Waals surface area contributed by atoms with Gasteiger partial charge < -0.3 is 11.1 Å². The largest absolute Gasteiger partial charge is 0.381 e. The standard InChI is InChI=1S/C13H14FN3OS/c1-2-8-3-4-9(19-8)7-17-13(18)10-5-6-16-12(15)11(10)14/h3-6H,2,7H2,1H3,(H2,15,16)(H,17,18). The number of nitrogen functional groups attached to an aromatic ring is 1. The molecular formula is C13H14FN3OS. The first-order valence-electron chi connectivity index (χ1n) is 5.87. The molecule has 0 aliphatic heterocycles. The van der Waals surface area contributed by atoms with Gasteiger partial charge in [0.15, 0.2) is 11.6 Å². The number of carbonyl (C=O) groups excluding carboxylic acids is 1. The number of thiophene rings is 1.